The molecule has 33 heavy (non-hydrogen) atoms. The molecule has 0 aromatic carbocycles. The van der Waals surface area contributed by atoms with E-state index < -0.39 is 29.0 Å². The van der Waals surface area contributed by atoms with E-state index in [4.69, 9.17) is 16.3 Å². The van der Waals surface area contributed by atoms with Crippen LogP contribution < -0.4 is 15.8 Å². The van der Waals surface area contributed by atoms with Crippen LogP contribution in [0.25, 0.3) is 0 Å². The number of H-pyrrole nitrogens is 1. The highest BCUT2D eigenvalue weighted by atomic mass is 35.5. The van der Waals surface area contributed by atoms with E-state index in [1.807, 2.05) is 4.90 Å². The molecule has 1 saturated heterocycles. The number of hydrogen-bond acceptors (Lipinski definition) is 9. The van der Waals surface area contributed by atoms with Gasteiger partial charge in [0, 0.05) is 19.1 Å². The average Bonchev–Trinajstić information content (AvgIpc) is 3.15. The molecule has 1 aliphatic heterocycles. The Morgan fingerprint density at radius 2 is 2.03 bits per heavy atom. The molecule has 0 saturated carbocycles. The number of anilines is 2. The predicted octanol–water partition coefficient (Wildman–Crippen LogP) is 1.90. The summed E-state index contributed by atoms with van der Waals surface area (Å²) in [6, 6.07) is -0.417. The highest BCUT2D eigenvalue weighted by Gasteiger charge is 2.37. The molecule has 11 nitrogen and oxygen atoms in total. The molecule has 0 amide bonds. The Bertz CT molecular complexity index is 1150. The zero-order valence-electron chi connectivity index (χ0n) is 17.3. The minimum absolute atomic E-state index is 0.0715. The van der Waals surface area contributed by atoms with Gasteiger partial charge in [-0.25, -0.2) is 19.7 Å². The van der Waals surface area contributed by atoms with Gasteiger partial charge in [-0.15, -0.1) is 5.10 Å². The number of aromatic nitrogens is 7. The number of halogens is 4. The fourth-order valence-corrected chi connectivity index (χ4v) is 3.35. The van der Waals surface area contributed by atoms with Crippen molar-refractivity contribution >= 4 is 23.2 Å². The summed E-state index contributed by atoms with van der Waals surface area (Å²) >= 11 is 5.79. The van der Waals surface area contributed by atoms with Crippen molar-refractivity contribution in [1.29, 1.82) is 0 Å². The summed E-state index contributed by atoms with van der Waals surface area (Å²) in [5.74, 6) is 0.588. The van der Waals surface area contributed by atoms with Crippen molar-refractivity contribution in [3.05, 3.63) is 51.4 Å². The first kappa shape index (κ1) is 22.9. The van der Waals surface area contributed by atoms with Crippen molar-refractivity contribution in [3.8, 4) is 0 Å². The molecule has 1 aliphatic rings. The van der Waals surface area contributed by atoms with Gasteiger partial charge in [0.05, 0.1) is 54.8 Å². The van der Waals surface area contributed by atoms with Crippen LogP contribution in [0.4, 0.5) is 24.8 Å². The molecule has 3 aromatic heterocycles. The van der Waals surface area contributed by atoms with E-state index in [2.05, 4.69) is 30.7 Å². The van der Waals surface area contributed by atoms with Gasteiger partial charge in [-0.05, 0) is 6.92 Å². The summed E-state index contributed by atoms with van der Waals surface area (Å²) in [7, 11) is 0. The van der Waals surface area contributed by atoms with E-state index in [1.54, 1.807) is 22.9 Å². The van der Waals surface area contributed by atoms with E-state index in [0.29, 0.717) is 29.8 Å². The summed E-state index contributed by atoms with van der Waals surface area (Å²) in [6.45, 7) is 3.15. The van der Waals surface area contributed by atoms with Crippen LogP contribution in [0.15, 0.2) is 29.6 Å². The van der Waals surface area contributed by atoms with Crippen LogP contribution in [-0.2, 0) is 17.5 Å². The first-order valence-electron chi connectivity index (χ1n) is 9.83. The lowest BCUT2D eigenvalue weighted by molar-refractivity contribution is -0.138. The minimum Gasteiger partial charge on any atom is -0.378 e. The molecule has 2 N–H and O–H groups in total. The quantitative estimate of drug-likeness (QED) is 0.491. The maximum atomic E-state index is 13.1. The monoisotopic (exact) mass is 485 g/mol. The van der Waals surface area contributed by atoms with E-state index in [0.717, 1.165) is 6.20 Å². The number of nitrogens with one attached hydrogen (secondary N) is 2. The number of nitrogens with zero attached hydrogens (tertiary/aromatic N) is 7. The highest BCUT2D eigenvalue weighted by molar-refractivity contribution is 6.30. The van der Waals surface area contributed by atoms with Gasteiger partial charge in [-0.3, -0.25) is 4.79 Å². The van der Waals surface area contributed by atoms with Crippen molar-refractivity contribution in [2.75, 3.05) is 29.9 Å². The third-order valence-electron chi connectivity index (χ3n) is 4.84. The second kappa shape index (κ2) is 9.31. The van der Waals surface area contributed by atoms with Gasteiger partial charge in [-0.2, -0.15) is 18.3 Å². The van der Waals surface area contributed by atoms with Gasteiger partial charge >= 0.3 is 6.18 Å². The van der Waals surface area contributed by atoms with Crippen LogP contribution in [0.2, 0.25) is 5.02 Å². The standard InChI is InChI=1S/C18H19ClF3N9O2/c1-10(26-14-4-25-28-16(32)15(14)18(20,21)22)8-33-9-12-5-31(29-27-12)13-6-30(7-13)17-23-2-11(19)3-24-17/h2-5,10,13H,6-9H2,1H3,(H2,26,28,32). The van der Waals surface area contributed by atoms with Gasteiger partial charge in [0.25, 0.3) is 5.56 Å². The Labute approximate surface area is 189 Å². The van der Waals surface area contributed by atoms with E-state index in [1.165, 1.54) is 12.4 Å². The number of rotatable bonds is 8. The molecular formula is C18H19ClF3N9O2. The summed E-state index contributed by atoms with van der Waals surface area (Å²) < 4.78 is 46.6. The molecule has 0 bridgehead atoms. The second-order valence-corrected chi connectivity index (χ2v) is 7.93. The Balaban J connectivity index is 1.25. The van der Waals surface area contributed by atoms with Crippen molar-refractivity contribution < 1.29 is 17.9 Å². The van der Waals surface area contributed by atoms with Crippen molar-refractivity contribution in [1.82, 2.24) is 35.2 Å². The average molecular weight is 486 g/mol. The van der Waals surface area contributed by atoms with Crippen LogP contribution in [0.3, 0.4) is 0 Å². The molecular weight excluding hydrogens is 467 g/mol. The molecule has 4 rings (SSSR count). The van der Waals surface area contributed by atoms with Crippen LogP contribution in [-0.4, -0.2) is 60.9 Å². The molecule has 0 aliphatic carbocycles. The molecule has 1 fully saturated rings. The summed E-state index contributed by atoms with van der Waals surface area (Å²) in [5, 5.41) is 16.5. The topological polar surface area (TPSA) is 127 Å². The van der Waals surface area contributed by atoms with Crippen LogP contribution in [0.5, 0.6) is 0 Å². The highest BCUT2D eigenvalue weighted by Crippen LogP contribution is 2.31. The smallest absolute Gasteiger partial charge is 0.378 e. The molecule has 15 heteroatoms. The molecule has 4 heterocycles. The molecule has 176 valence electrons. The van der Waals surface area contributed by atoms with Gasteiger partial charge in [-0.1, -0.05) is 16.8 Å². The Morgan fingerprint density at radius 3 is 2.73 bits per heavy atom. The van der Waals surface area contributed by atoms with E-state index in [-0.39, 0.29) is 19.3 Å². The number of hydrogen-bond donors (Lipinski definition) is 2. The van der Waals surface area contributed by atoms with Crippen molar-refractivity contribution in [2.24, 2.45) is 0 Å². The number of aromatic amines is 1. The van der Waals surface area contributed by atoms with Gasteiger partial charge in [0.1, 0.15) is 11.3 Å². The Morgan fingerprint density at radius 1 is 1.30 bits per heavy atom. The van der Waals surface area contributed by atoms with Gasteiger partial charge < -0.3 is 15.0 Å². The lowest BCUT2D eigenvalue weighted by Crippen LogP contribution is -2.48. The molecule has 1 atom stereocenters. The second-order valence-electron chi connectivity index (χ2n) is 7.50. The van der Waals surface area contributed by atoms with Gasteiger partial charge in [0.15, 0.2) is 0 Å². The SMILES string of the molecule is CC(COCc1cn(C2CN(c3ncc(Cl)cn3)C2)nn1)Nc1cn[nH]c(=O)c1C(F)(F)F. The van der Waals surface area contributed by atoms with E-state index >= 15 is 0 Å². The van der Waals surface area contributed by atoms with Crippen molar-refractivity contribution in [3.63, 3.8) is 0 Å². The van der Waals surface area contributed by atoms with E-state index in [9.17, 15) is 18.0 Å². The Kier molecular flexibility index (Phi) is 6.47. The molecule has 3 aromatic rings. The molecule has 0 spiro atoms. The third kappa shape index (κ3) is 5.39. The lowest BCUT2D eigenvalue weighted by Gasteiger charge is -2.38. The predicted molar refractivity (Wildman–Crippen MR) is 111 cm³/mol. The molecule has 0 radical (unpaired) electrons. The largest absolute Gasteiger partial charge is 0.423 e. The number of ether oxygens (including phenoxy) is 1. The maximum Gasteiger partial charge on any atom is 0.423 e. The maximum absolute atomic E-state index is 13.1. The summed E-state index contributed by atoms with van der Waals surface area (Å²) in [4.78, 5) is 21.8. The summed E-state index contributed by atoms with van der Waals surface area (Å²) in [6.07, 6.45) is 0.936. The molecule has 1 unspecified atom stereocenters. The number of alkyl halides is 3. The fraction of sp³-hybridized carbons (Fsp3) is 0.444. The van der Waals surface area contributed by atoms with Crippen LogP contribution in [0.1, 0.15) is 24.2 Å². The summed E-state index contributed by atoms with van der Waals surface area (Å²) in [5.41, 5.74) is -2.47. The zero-order valence-corrected chi connectivity index (χ0v) is 18.0. The van der Waals surface area contributed by atoms with Crippen molar-refractivity contribution in [2.45, 2.75) is 31.8 Å². The third-order valence-corrected chi connectivity index (χ3v) is 5.04. The van der Waals surface area contributed by atoms with Crippen LogP contribution in [0, 0.1) is 0 Å². The first-order valence-corrected chi connectivity index (χ1v) is 10.2. The Hall–Kier alpha value is -3.26. The van der Waals surface area contributed by atoms with Gasteiger partial charge in [0.2, 0.25) is 5.95 Å². The fourth-order valence-electron chi connectivity index (χ4n) is 3.25. The lowest BCUT2D eigenvalue weighted by atomic mass is 10.1. The zero-order chi connectivity index (χ0) is 23.6. The van der Waals surface area contributed by atoms with Crippen LogP contribution >= 0.6 is 11.6 Å². The normalized spacial score (nSPS) is 15.4. The first-order chi connectivity index (χ1) is 15.7. The minimum atomic E-state index is -4.81.